The Kier molecular flexibility index (Phi) is 4.37. The molecule has 1 heteroatoms. The summed E-state index contributed by atoms with van der Waals surface area (Å²) < 4.78 is 0. The molecular formula is C11H20O. The van der Waals surface area contributed by atoms with Crippen LogP contribution in [0.15, 0.2) is 12.2 Å². The summed E-state index contributed by atoms with van der Waals surface area (Å²) in [6.07, 6.45) is 10.8. The summed E-state index contributed by atoms with van der Waals surface area (Å²) in [4.78, 5) is 0. The minimum atomic E-state index is 0.197. The Hall–Kier alpha value is -0.300. The van der Waals surface area contributed by atoms with Gasteiger partial charge in [0, 0.05) is 0 Å². The van der Waals surface area contributed by atoms with Crippen LogP contribution in [0.5, 0.6) is 0 Å². The van der Waals surface area contributed by atoms with Crippen LogP contribution in [0.25, 0.3) is 0 Å². The minimum absolute atomic E-state index is 0.197. The van der Waals surface area contributed by atoms with E-state index >= 15 is 0 Å². The molecule has 0 aromatic rings. The Morgan fingerprint density at radius 2 is 2.17 bits per heavy atom. The van der Waals surface area contributed by atoms with Gasteiger partial charge in [0.2, 0.25) is 0 Å². The number of hydrogen-bond acceptors (Lipinski definition) is 1. The average Bonchev–Trinajstić information content (AvgIpc) is 2.05. The predicted octanol–water partition coefficient (Wildman–Crippen LogP) is 2.75. The first kappa shape index (κ1) is 9.79. The van der Waals surface area contributed by atoms with Crippen molar-refractivity contribution in [3.63, 3.8) is 0 Å². The smallest absolute Gasteiger partial charge is 0.0612 e. The van der Waals surface area contributed by atoms with Gasteiger partial charge in [-0.15, -0.1) is 0 Å². The highest BCUT2D eigenvalue weighted by Gasteiger charge is 2.17. The van der Waals surface area contributed by atoms with Crippen LogP contribution >= 0.6 is 0 Å². The monoisotopic (exact) mass is 168 g/mol. The zero-order valence-corrected chi connectivity index (χ0v) is 8.00. The molecule has 0 aromatic carbocycles. The number of aliphatic hydroxyl groups excluding tert-OH is 1. The van der Waals surface area contributed by atoms with Gasteiger partial charge in [0.05, 0.1) is 6.61 Å². The van der Waals surface area contributed by atoms with Gasteiger partial charge in [-0.1, -0.05) is 38.3 Å². The van der Waals surface area contributed by atoms with Gasteiger partial charge in [-0.05, 0) is 24.7 Å². The third kappa shape index (κ3) is 3.40. The van der Waals surface area contributed by atoms with Crippen LogP contribution in [0, 0.1) is 11.8 Å². The molecule has 1 rings (SSSR count). The van der Waals surface area contributed by atoms with E-state index in [4.69, 9.17) is 5.11 Å². The van der Waals surface area contributed by atoms with E-state index in [-0.39, 0.29) is 6.61 Å². The van der Waals surface area contributed by atoms with Crippen molar-refractivity contribution in [1.29, 1.82) is 0 Å². The fraction of sp³-hybridized carbons (Fsp3) is 0.818. The second-order valence-corrected chi connectivity index (χ2v) is 4.03. The van der Waals surface area contributed by atoms with Gasteiger partial charge in [0.1, 0.15) is 0 Å². The van der Waals surface area contributed by atoms with Gasteiger partial charge in [-0.3, -0.25) is 0 Å². The van der Waals surface area contributed by atoms with Crippen molar-refractivity contribution in [2.24, 2.45) is 11.8 Å². The first-order chi connectivity index (χ1) is 5.83. The molecular weight excluding hydrogens is 148 g/mol. The standard InChI is InChI=1S/C11H20O/c1-10-5-4-7-11(9-10)6-2-3-8-12/h2-3,10-12H,4-9H2,1H3. The summed E-state index contributed by atoms with van der Waals surface area (Å²) in [5.41, 5.74) is 0. The zero-order valence-electron chi connectivity index (χ0n) is 8.00. The zero-order chi connectivity index (χ0) is 8.81. The first-order valence-corrected chi connectivity index (χ1v) is 5.08. The highest BCUT2D eigenvalue weighted by atomic mass is 16.2. The lowest BCUT2D eigenvalue weighted by molar-refractivity contribution is 0.284. The van der Waals surface area contributed by atoms with E-state index in [0.717, 1.165) is 11.8 Å². The molecule has 0 aromatic heterocycles. The summed E-state index contributed by atoms with van der Waals surface area (Å²) in [6.45, 7) is 2.55. The van der Waals surface area contributed by atoms with E-state index < -0.39 is 0 Å². The molecule has 1 aliphatic rings. The van der Waals surface area contributed by atoms with Crippen LogP contribution < -0.4 is 0 Å². The Bertz CT molecular complexity index is 140. The molecule has 1 N–H and O–H groups in total. The van der Waals surface area contributed by atoms with Crippen molar-refractivity contribution in [1.82, 2.24) is 0 Å². The second kappa shape index (κ2) is 5.36. The van der Waals surface area contributed by atoms with Crippen molar-refractivity contribution in [3.05, 3.63) is 12.2 Å². The molecule has 0 radical (unpaired) electrons. The normalized spacial score (nSPS) is 31.2. The molecule has 0 heterocycles. The minimum Gasteiger partial charge on any atom is -0.392 e. The molecule has 1 aliphatic carbocycles. The molecule has 0 saturated heterocycles. The lowest BCUT2D eigenvalue weighted by Crippen LogP contribution is -2.12. The summed E-state index contributed by atoms with van der Waals surface area (Å²) in [5.74, 6) is 1.81. The Balaban J connectivity index is 2.18. The molecule has 70 valence electrons. The molecule has 2 atom stereocenters. The molecule has 1 fully saturated rings. The van der Waals surface area contributed by atoms with Crippen molar-refractivity contribution >= 4 is 0 Å². The van der Waals surface area contributed by atoms with Crippen LogP contribution in [-0.4, -0.2) is 11.7 Å². The lowest BCUT2D eigenvalue weighted by Gasteiger charge is -2.25. The lowest BCUT2D eigenvalue weighted by atomic mass is 9.81. The van der Waals surface area contributed by atoms with Crippen molar-refractivity contribution in [3.8, 4) is 0 Å². The Morgan fingerprint density at radius 1 is 1.33 bits per heavy atom. The predicted molar refractivity (Wildman–Crippen MR) is 52.0 cm³/mol. The quantitative estimate of drug-likeness (QED) is 0.642. The van der Waals surface area contributed by atoms with Gasteiger partial charge in [-0.25, -0.2) is 0 Å². The van der Waals surface area contributed by atoms with Crippen LogP contribution in [-0.2, 0) is 0 Å². The fourth-order valence-corrected chi connectivity index (χ4v) is 2.14. The van der Waals surface area contributed by atoms with Crippen LogP contribution in [0.3, 0.4) is 0 Å². The third-order valence-electron chi connectivity index (χ3n) is 2.79. The molecule has 0 spiro atoms. The SMILES string of the molecule is CC1CCCC(CC=CCO)C1. The largest absolute Gasteiger partial charge is 0.392 e. The van der Waals surface area contributed by atoms with E-state index in [1.807, 2.05) is 6.08 Å². The summed E-state index contributed by atoms with van der Waals surface area (Å²) in [7, 11) is 0. The van der Waals surface area contributed by atoms with Crippen molar-refractivity contribution < 1.29 is 5.11 Å². The average molecular weight is 168 g/mol. The van der Waals surface area contributed by atoms with E-state index in [1.165, 1.54) is 32.1 Å². The van der Waals surface area contributed by atoms with Gasteiger partial charge >= 0.3 is 0 Å². The van der Waals surface area contributed by atoms with Crippen molar-refractivity contribution in [2.75, 3.05) is 6.61 Å². The molecule has 1 nitrogen and oxygen atoms in total. The van der Waals surface area contributed by atoms with E-state index in [2.05, 4.69) is 13.0 Å². The van der Waals surface area contributed by atoms with E-state index in [1.54, 1.807) is 0 Å². The number of rotatable bonds is 3. The third-order valence-corrected chi connectivity index (χ3v) is 2.79. The fourth-order valence-electron chi connectivity index (χ4n) is 2.14. The maximum atomic E-state index is 8.56. The Morgan fingerprint density at radius 3 is 2.83 bits per heavy atom. The highest BCUT2D eigenvalue weighted by molar-refractivity contribution is 4.85. The summed E-state index contributed by atoms with van der Waals surface area (Å²) in [5, 5.41) is 8.56. The van der Waals surface area contributed by atoms with Gasteiger partial charge < -0.3 is 5.11 Å². The summed E-state index contributed by atoms with van der Waals surface area (Å²) >= 11 is 0. The van der Waals surface area contributed by atoms with Gasteiger partial charge in [0.25, 0.3) is 0 Å². The van der Waals surface area contributed by atoms with Gasteiger partial charge in [-0.2, -0.15) is 0 Å². The van der Waals surface area contributed by atoms with Gasteiger partial charge in [0.15, 0.2) is 0 Å². The second-order valence-electron chi connectivity index (χ2n) is 4.03. The van der Waals surface area contributed by atoms with Crippen LogP contribution in [0.2, 0.25) is 0 Å². The van der Waals surface area contributed by atoms with Crippen LogP contribution in [0.1, 0.15) is 39.0 Å². The number of hydrogen-bond donors (Lipinski definition) is 1. The van der Waals surface area contributed by atoms with E-state index in [9.17, 15) is 0 Å². The Labute approximate surface area is 75.5 Å². The maximum absolute atomic E-state index is 8.56. The maximum Gasteiger partial charge on any atom is 0.0612 e. The molecule has 1 saturated carbocycles. The molecule has 0 bridgehead atoms. The molecule has 2 unspecified atom stereocenters. The topological polar surface area (TPSA) is 20.2 Å². The number of allylic oxidation sites excluding steroid dienone is 1. The van der Waals surface area contributed by atoms with E-state index in [0.29, 0.717) is 0 Å². The molecule has 12 heavy (non-hydrogen) atoms. The number of aliphatic hydroxyl groups is 1. The van der Waals surface area contributed by atoms with Crippen molar-refractivity contribution in [2.45, 2.75) is 39.0 Å². The van der Waals surface area contributed by atoms with Crippen LogP contribution in [0.4, 0.5) is 0 Å². The summed E-state index contributed by atoms with van der Waals surface area (Å²) in [6, 6.07) is 0. The molecule has 0 aliphatic heterocycles. The highest BCUT2D eigenvalue weighted by Crippen LogP contribution is 2.30. The molecule has 0 amide bonds. The first-order valence-electron chi connectivity index (χ1n) is 5.08.